The standard InChI is InChI=1S/C9H15N3O2/c1-6(2)12-5-7(9(13)14)11-8(12)4-10-3/h5-6,10H,4H2,1-3H3,(H,13,14). The molecule has 0 aliphatic carbocycles. The number of hydrogen-bond donors (Lipinski definition) is 2. The summed E-state index contributed by atoms with van der Waals surface area (Å²) in [6.07, 6.45) is 1.57. The van der Waals surface area contributed by atoms with E-state index in [1.54, 1.807) is 13.2 Å². The van der Waals surface area contributed by atoms with Gasteiger partial charge in [0.05, 0.1) is 6.54 Å². The Morgan fingerprint density at radius 3 is 2.79 bits per heavy atom. The summed E-state index contributed by atoms with van der Waals surface area (Å²) in [4.78, 5) is 14.7. The molecular weight excluding hydrogens is 182 g/mol. The van der Waals surface area contributed by atoms with Gasteiger partial charge in [-0.25, -0.2) is 9.78 Å². The maximum atomic E-state index is 10.7. The maximum absolute atomic E-state index is 10.7. The number of rotatable bonds is 4. The van der Waals surface area contributed by atoms with Crippen LogP contribution in [0.3, 0.4) is 0 Å². The summed E-state index contributed by atoms with van der Waals surface area (Å²) in [5, 5.41) is 11.7. The largest absolute Gasteiger partial charge is 0.476 e. The van der Waals surface area contributed by atoms with Gasteiger partial charge in [-0.2, -0.15) is 0 Å². The van der Waals surface area contributed by atoms with Crippen molar-refractivity contribution in [2.24, 2.45) is 0 Å². The molecule has 0 aliphatic heterocycles. The SMILES string of the molecule is CNCc1nc(C(=O)O)cn1C(C)C. The Balaban J connectivity index is 3.05. The lowest BCUT2D eigenvalue weighted by Gasteiger charge is -2.10. The van der Waals surface area contributed by atoms with E-state index >= 15 is 0 Å². The maximum Gasteiger partial charge on any atom is 0.356 e. The zero-order valence-corrected chi connectivity index (χ0v) is 8.61. The van der Waals surface area contributed by atoms with E-state index in [9.17, 15) is 4.79 Å². The number of nitrogens with zero attached hydrogens (tertiary/aromatic N) is 2. The summed E-state index contributed by atoms with van der Waals surface area (Å²) in [7, 11) is 1.81. The molecule has 0 unspecified atom stereocenters. The van der Waals surface area contributed by atoms with E-state index in [1.807, 2.05) is 18.4 Å². The number of nitrogens with one attached hydrogen (secondary N) is 1. The molecule has 0 saturated carbocycles. The molecular formula is C9H15N3O2. The van der Waals surface area contributed by atoms with Crippen LogP contribution in [-0.2, 0) is 6.54 Å². The minimum Gasteiger partial charge on any atom is -0.476 e. The van der Waals surface area contributed by atoms with Crippen LogP contribution in [0.25, 0.3) is 0 Å². The predicted octanol–water partition coefficient (Wildman–Crippen LogP) is 0.882. The van der Waals surface area contributed by atoms with Crippen molar-refractivity contribution in [3.63, 3.8) is 0 Å². The first kappa shape index (κ1) is 10.7. The molecule has 0 fully saturated rings. The van der Waals surface area contributed by atoms with Crippen LogP contribution in [0.5, 0.6) is 0 Å². The third-order valence-electron chi connectivity index (χ3n) is 1.92. The van der Waals surface area contributed by atoms with E-state index in [-0.39, 0.29) is 11.7 Å². The summed E-state index contributed by atoms with van der Waals surface area (Å²) in [6.45, 7) is 4.56. The minimum atomic E-state index is -0.984. The zero-order valence-electron chi connectivity index (χ0n) is 8.61. The van der Waals surface area contributed by atoms with Crippen LogP contribution in [0.2, 0.25) is 0 Å². The van der Waals surface area contributed by atoms with Crippen molar-refractivity contribution in [1.29, 1.82) is 0 Å². The van der Waals surface area contributed by atoms with Crippen LogP contribution in [-0.4, -0.2) is 27.7 Å². The Morgan fingerprint density at radius 2 is 2.36 bits per heavy atom. The molecule has 0 aliphatic rings. The van der Waals surface area contributed by atoms with Crippen molar-refractivity contribution in [3.8, 4) is 0 Å². The Kier molecular flexibility index (Phi) is 3.24. The molecule has 0 radical (unpaired) electrons. The number of aromatic carboxylic acids is 1. The number of carbonyl (C=O) groups is 1. The molecule has 1 aromatic heterocycles. The minimum absolute atomic E-state index is 0.101. The highest BCUT2D eigenvalue weighted by Crippen LogP contribution is 2.11. The van der Waals surface area contributed by atoms with Crippen LogP contribution in [0.15, 0.2) is 6.20 Å². The molecule has 5 nitrogen and oxygen atoms in total. The average Bonchev–Trinajstić information content (AvgIpc) is 2.49. The van der Waals surface area contributed by atoms with E-state index in [1.165, 1.54) is 0 Å². The highest BCUT2D eigenvalue weighted by atomic mass is 16.4. The van der Waals surface area contributed by atoms with Crippen molar-refractivity contribution in [1.82, 2.24) is 14.9 Å². The smallest absolute Gasteiger partial charge is 0.356 e. The molecule has 1 rings (SSSR count). The highest BCUT2D eigenvalue weighted by Gasteiger charge is 2.13. The molecule has 0 amide bonds. The van der Waals surface area contributed by atoms with Crippen molar-refractivity contribution in [2.45, 2.75) is 26.4 Å². The summed E-state index contributed by atoms with van der Waals surface area (Å²) in [6, 6.07) is 0.221. The zero-order chi connectivity index (χ0) is 10.7. The fourth-order valence-electron chi connectivity index (χ4n) is 1.27. The first-order valence-corrected chi connectivity index (χ1v) is 4.52. The Bertz CT molecular complexity index is 331. The van der Waals surface area contributed by atoms with Crippen LogP contribution in [0, 0.1) is 0 Å². The van der Waals surface area contributed by atoms with E-state index < -0.39 is 5.97 Å². The van der Waals surface area contributed by atoms with Gasteiger partial charge in [-0.05, 0) is 20.9 Å². The molecule has 1 heterocycles. The van der Waals surface area contributed by atoms with E-state index in [0.717, 1.165) is 5.82 Å². The number of hydrogen-bond acceptors (Lipinski definition) is 3. The van der Waals surface area contributed by atoms with E-state index in [2.05, 4.69) is 10.3 Å². The Hall–Kier alpha value is -1.36. The van der Waals surface area contributed by atoms with Crippen molar-refractivity contribution in [2.75, 3.05) is 7.05 Å². The lowest BCUT2D eigenvalue weighted by atomic mass is 10.4. The highest BCUT2D eigenvalue weighted by molar-refractivity contribution is 5.85. The van der Waals surface area contributed by atoms with Gasteiger partial charge in [0.25, 0.3) is 0 Å². The Morgan fingerprint density at radius 1 is 1.71 bits per heavy atom. The lowest BCUT2D eigenvalue weighted by molar-refractivity contribution is 0.0691. The third kappa shape index (κ3) is 2.11. The molecule has 5 heteroatoms. The van der Waals surface area contributed by atoms with Gasteiger partial charge in [-0.15, -0.1) is 0 Å². The van der Waals surface area contributed by atoms with Gasteiger partial charge >= 0.3 is 5.97 Å². The lowest BCUT2D eigenvalue weighted by Crippen LogP contribution is -2.13. The van der Waals surface area contributed by atoms with Crippen molar-refractivity contribution in [3.05, 3.63) is 17.7 Å². The topological polar surface area (TPSA) is 67.2 Å². The van der Waals surface area contributed by atoms with Crippen LogP contribution in [0.4, 0.5) is 0 Å². The molecule has 2 N–H and O–H groups in total. The quantitative estimate of drug-likeness (QED) is 0.752. The number of aromatic nitrogens is 2. The molecule has 0 spiro atoms. The molecule has 0 atom stereocenters. The van der Waals surface area contributed by atoms with E-state index in [0.29, 0.717) is 6.54 Å². The second kappa shape index (κ2) is 4.23. The first-order chi connectivity index (χ1) is 6.56. The van der Waals surface area contributed by atoms with Gasteiger partial charge in [0.15, 0.2) is 5.69 Å². The van der Waals surface area contributed by atoms with Gasteiger partial charge in [0.1, 0.15) is 5.82 Å². The second-order valence-electron chi connectivity index (χ2n) is 3.38. The number of imidazole rings is 1. The second-order valence-corrected chi connectivity index (χ2v) is 3.38. The van der Waals surface area contributed by atoms with E-state index in [4.69, 9.17) is 5.11 Å². The number of carboxylic acids is 1. The molecule has 1 aromatic rings. The first-order valence-electron chi connectivity index (χ1n) is 4.52. The van der Waals surface area contributed by atoms with Crippen LogP contribution < -0.4 is 5.32 Å². The molecule has 78 valence electrons. The summed E-state index contributed by atoms with van der Waals surface area (Å²) < 4.78 is 1.86. The fraction of sp³-hybridized carbons (Fsp3) is 0.556. The molecule has 14 heavy (non-hydrogen) atoms. The summed E-state index contributed by atoms with van der Waals surface area (Å²) in [5.41, 5.74) is 0.101. The van der Waals surface area contributed by atoms with Crippen molar-refractivity contribution < 1.29 is 9.90 Å². The number of carboxylic acid groups (broad SMARTS) is 1. The fourth-order valence-corrected chi connectivity index (χ4v) is 1.27. The Labute approximate surface area is 82.8 Å². The molecule has 0 saturated heterocycles. The van der Waals surface area contributed by atoms with Crippen LogP contribution in [0.1, 0.15) is 36.2 Å². The predicted molar refractivity (Wildman–Crippen MR) is 52.3 cm³/mol. The third-order valence-corrected chi connectivity index (χ3v) is 1.92. The van der Waals surface area contributed by atoms with Gasteiger partial charge < -0.3 is 15.0 Å². The summed E-state index contributed by atoms with van der Waals surface area (Å²) in [5.74, 6) is -0.235. The van der Waals surface area contributed by atoms with Crippen molar-refractivity contribution >= 4 is 5.97 Å². The van der Waals surface area contributed by atoms with Gasteiger partial charge in [0.2, 0.25) is 0 Å². The molecule has 0 bridgehead atoms. The normalized spacial score (nSPS) is 10.9. The van der Waals surface area contributed by atoms with Crippen LogP contribution >= 0.6 is 0 Å². The van der Waals surface area contributed by atoms with Gasteiger partial charge in [-0.1, -0.05) is 0 Å². The van der Waals surface area contributed by atoms with Gasteiger partial charge in [0, 0.05) is 12.2 Å². The average molecular weight is 197 g/mol. The monoisotopic (exact) mass is 197 g/mol. The van der Waals surface area contributed by atoms with Gasteiger partial charge in [-0.3, -0.25) is 0 Å². The summed E-state index contributed by atoms with van der Waals surface area (Å²) >= 11 is 0. The molecule has 0 aromatic carbocycles.